The van der Waals surface area contributed by atoms with Gasteiger partial charge >= 0.3 is 11.9 Å². The summed E-state index contributed by atoms with van der Waals surface area (Å²) in [7, 11) is 0. The lowest BCUT2D eigenvalue weighted by Gasteiger charge is -2.27. The molecule has 0 aromatic heterocycles. The molecular formula is C16H28N2O5S. The van der Waals surface area contributed by atoms with E-state index in [2.05, 4.69) is 12.6 Å². The SMILES string of the molecule is CC(C)(C)OC(=O)C(N)CCC(CS)C(=O)N1CCC[C@H]1C(=O)O. The largest absolute Gasteiger partial charge is 0.480 e. The Kier molecular flexibility index (Phi) is 7.54. The number of aliphatic carboxylic acids is 1. The third kappa shape index (κ3) is 5.98. The summed E-state index contributed by atoms with van der Waals surface area (Å²) in [5.74, 6) is -1.89. The summed E-state index contributed by atoms with van der Waals surface area (Å²) in [6.07, 6.45) is 1.81. The molecule has 1 aliphatic rings. The molecule has 1 fully saturated rings. The molecule has 1 heterocycles. The van der Waals surface area contributed by atoms with Crippen LogP contribution in [0.1, 0.15) is 46.5 Å². The van der Waals surface area contributed by atoms with Crippen molar-refractivity contribution < 1.29 is 24.2 Å². The van der Waals surface area contributed by atoms with Crippen molar-refractivity contribution in [2.45, 2.75) is 64.1 Å². The smallest absolute Gasteiger partial charge is 0.326 e. The first-order valence-electron chi connectivity index (χ1n) is 8.19. The Hall–Kier alpha value is -1.28. The number of hydrogen-bond acceptors (Lipinski definition) is 6. The van der Waals surface area contributed by atoms with E-state index >= 15 is 0 Å². The number of ether oxygens (including phenoxy) is 1. The number of rotatable bonds is 7. The van der Waals surface area contributed by atoms with Crippen LogP contribution in [0.3, 0.4) is 0 Å². The molecule has 0 radical (unpaired) electrons. The number of carbonyl (C=O) groups excluding carboxylic acids is 2. The summed E-state index contributed by atoms with van der Waals surface area (Å²) >= 11 is 4.20. The Bertz CT molecular complexity index is 478. The first-order chi connectivity index (χ1) is 11.1. The lowest BCUT2D eigenvalue weighted by atomic mass is 9.99. The highest BCUT2D eigenvalue weighted by Gasteiger charge is 2.36. The van der Waals surface area contributed by atoms with Gasteiger partial charge in [0.15, 0.2) is 0 Å². The average Bonchev–Trinajstić information content (AvgIpc) is 2.95. The van der Waals surface area contributed by atoms with Gasteiger partial charge in [0.25, 0.3) is 0 Å². The van der Waals surface area contributed by atoms with Gasteiger partial charge in [-0.05, 0) is 46.5 Å². The van der Waals surface area contributed by atoms with Gasteiger partial charge in [-0.1, -0.05) is 0 Å². The second-order valence-electron chi connectivity index (χ2n) is 7.12. The molecule has 0 aromatic rings. The number of nitrogens with two attached hydrogens (primary N) is 1. The Labute approximate surface area is 148 Å². The van der Waals surface area contributed by atoms with Gasteiger partial charge in [-0.2, -0.15) is 12.6 Å². The fourth-order valence-corrected chi connectivity index (χ4v) is 3.03. The second kappa shape index (κ2) is 8.71. The number of likely N-dealkylation sites (tertiary alicyclic amines) is 1. The van der Waals surface area contributed by atoms with Crippen LogP contribution in [0.25, 0.3) is 0 Å². The number of carboxylic acid groups (broad SMARTS) is 1. The monoisotopic (exact) mass is 360 g/mol. The molecular weight excluding hydrogens is 332 g/mol. The zero-order valence-corrected chi connectivity index (χ0v) is 15.4. The van der Waals surface area contributed by atoms with Crippen molar-refractivity contribution in [3.63, 3.8) is 0 Å². The molecule has 7 nitrogen and oxygen atoms in total. The highest BCUT2D eigenvalue weighted by Crippen LogP contribution is 2.23. The molecule has 2 unspecified atom stereocenters. The molecule has 138 valence electrons. The lowest BCUT2D eigenvalue weighted by molar-refractivity contribution is -0.157. The van der Waals surface area contributed by atoms with Crippen molar-refractivity contribution in [1.82, 2.24) is 4.90 Å². The Morgan fingerprint density at radius 2 is 1.96 bits per heavy atom. The fourth-order valence-electron chi connectivity index (χ4n) is 2.69. The molecule has 8 heteroatoms. The fraction of sp³-hybridized carbons (Fsp3) is 0.812. The Balaban J connectivity index is 2.59. The molecule has 3 atom stereocenters. The number of carbonyl (C=O) groups is 3. The van der Waals surface area contributed by atoms with E-state index in [-0.39, 0.29) is 18.1 Å². The third-order valence-corrected chi connectivity index (χ3v) is 4.37. The van der Waals surface area contributed by atoms with Gasteiger partial charge in [-0.3, -0.25) is 9.59 Å². The van der Waals surface area contributed by atoms with Gasteiger partial charge in [0.1, 0.15) is 17.7 Å². The first kappa shape index (κ1) is 20.8. The van der Waals surface area contributed by atoms with Crippen molar-refractivity contribution in [2.24, 2.45) is 11.7 Å². The third-order valence-electron chi connectivity index (χ3n) is 3.93. The molecule has 0 spiro atoms. The number of carboxylic acids is 1. The van der Waals surface area contributed by atoms with Gasteiger partial charge in [0.2, 0.25) is 5.91 Å². The van der Waals surface area contributed by atoms with E-state index < -0.39 is 35.5 Å². The van der Waals surface area contributed by atoms with Crippen molar-refractivity contribution in [3.8, 4) is 0 Å². The summed E-state index contributed by atoms with van der Waals surface area (Å²) in [6, 6.07) is -1.58. The predicted molar refractivity (Wildman–Crippen MR) is 92.8 cm³/mol. The number of nitrogens with zero attached hydrogens (tertiary/aromatic N) is 1. The predicted octanol–water partition coefficient (Wildman–Crippen LogP) is 1.06. The molecule has 3 N–H and O–H groups in total. The minimum Gasteiger partial charge on any atom is -0.480 e. The highest BCUT2D eigenvalue weighted by atomic mass is 32.1. The van der Waals surface area contributed by atoms with Crippen molar-refractivity contribution in [1.29, 1.82) is 0 Å². The van der Waals surface area contributed by atoms with Crippen LogP contribution in [-0.2, 0) is 19.1 Å². The zero-order valence-electron chi connectivity index (χ0n) is 14.5. The maximum absolute atomic E-state index is 12.6. The number of amides is 1. The molecule has 0 bridgehead atoms. The molecule has 0 saturated carbocycles. The van der Waals surface area contributed by atoms with Crippen LogP contribution in [0.5, 0.6) is 0 Å². The quantitative estimate of drug-likeness (QED) is 0.462. The van der Waals surface area contributed by atoms with Gasteiger partial charge in [-0.15, -0.1) is 0 Å². The molecule has 0 aliphatic carbocycles. The van der Waals surface area contributed by atoms with Crippen LogP contribution in [0, 0.1) is 5.92 Å². The lowest BCUT2D eigenvalue weighted by Crippen LogP contribution is -2.44. The van der Waals surface area contributed by atoms with Crippen molar-refractivity contribution >= 4 is 30.5 Å². The molecule has 24 heavy (non-hydrogen) atoms. The van der Waals surface area contributed by atoms with Crippen LogP contribution < -0.4 is 5.73 Å². The van der Waals surface area contributed by atoms with Crippen LogP contribution in [0.15, 0.2) is 0 Å². The average molecular weight is 360 g/mol. The number of thiol groups is 1. The van der Waals surface area contributed by atoms with Gasteiger partial charge in [-0.25, -0.2) is 4.79 Å². The minimum atomic E-state index is -0.982. The van der Waals surface area contributed by atoms with Gasteiger partial charge < -0.3 is 20.5 Å². The Morgan fingerprint density at radius 3 is 2.46 bits per heavy atom. The van der Waals surface area contributed by atoms with E-state index in [1.807, 2.05) is 0 Å². The standard InChI is InChI=1S/C16H28N2O5S/c1-16(2,3)23-15(22)11(17)7-6-10(9-24)13(19)18-8-4-5-12(18)14(20)21/h10-12,24H,4-9,17H2,1-3H3,(H,20,21)/t10?,11?,12-/m0/s1. The Morgan fingerprint density at radius 1 is 1.33 bits per heavy atom. The van der Waals surface area contributed by atoms with Crippen LogP contribution in [0.4, 0.5) is 0 Å². The van der Waals surface area contributed by atoms with E-state index in [1.54, 1.807) is 20.8 Å². The molecule has 1 saturated heterocycles. The number of hydrogen-bond donors (Lipinski definition) is 3. The molecule has 0 aromatic carbocycles. The summed E-state index contributed by atoms with van der Waals surface area (Å²) < 4.78 is 5.22. The van der Waals surface area contributed by atoms with Gasteiger partial charge in [0.05, 0.1) is 0 Å². The zero-order chi connectivity index (χ0) is 18.5. The van der Waals surface area contributed by atoms with E-state index in [0.717, 1.165) is 0 Å². The summed E-state index contributed by atoms with van der Waals surface area (Å²) in [4.78, 5) is 37.1. The normalized spacial score (nSPS) is 20.5. The molecule has 1 amide bonds. The van der Waals surface area contributed by atoms with Crippen LogP contribution in [0.2, 0.25) is 0 Å². The minimum absolute atomic E-state index is 0.230. The highest BCUT2D eigenvalue weighted by molar-refractivity contribution is 7.80. The summed E-state index contributed by atoms with van der Waals surface area (Å²) in [5.41, 5.74) is 5.22. The van der Waals surface area contributed by atoms with Crippen LogP contribution >= 0.6 is 12.6 Å². The van der Waals surface area contributed by atoms with Crippen molar-refractivity contribution in [3.05, 3.63) is 0 Å². The first-order valence-corrected chi connectivity index (χ1v) is 8.82. The second-order valence-corrected chi connectivity index (χ2v) is 7.49. The number of esters is 1. The van der Waals surface area contributed by atoms with E-state index in [1.165, 1.54) is 4.90 Å². The topological polar surface area (TPSA) is 110 Å². The summed E-state index contributed by atoms with van der Waals surface area (Å²) in [5, 5.41) is 9.19. The maximum atomic E-state index is 12.6. The van der Waals surface area contributed by atoms with E-state index in [9.17, 15) is 19.5 Å². The molecule has 1 aliphatic heterocycles. The van der Waals surface area contributed by atoms with Gasteiger partial charge in [0, 0.05) is 18.2 Å². The molecule has 1 rings (SSSR count). The van der Waals surface area contributed by atoms with Crippen LogP contribution in [-0.4, -0.2) is 57.8 Å². The van der Waals surface area contributed by atoms with Crippen molar-refractivity contribution in [2.75, 3.05) is 12.3 Å². The summed E-state index contributed by atoms with van der Waals surface area (Å²) in [6.45, 7) is 5.73. The maximum Gasteiger partial charge on any atom is 0.326 e. The van der Waals surface area contributed by atoms with E-state index in [4.69, 9.17) is 10.5 Å². The van der Waals surface area contributed by atoms with E-state index in [0.29, 0.717) is 25.8 Å².